The Morgan fingerprint density at radius 3 is 2.67 bits per heavy atom. The quantitative estimate of drug-likeness (QED) is 0.819. The molecule has 0 amide bonds. The van der Waals surface area contributed by atoms with Gasteiger partial charge in [-0.1, -0.05) is 36.4 Å². The van der Waals surface area contributed by atoms with Crippen LogP contribution in [0.5, 0.6) is 0 Å². The van der Waals surface area contributed by atoms with E-state index in [9.17, 15) is 13.5 Å². The first-order chi connectivity index (χ1) is 10.0. The molecule has 1 fully saturated rings. The van der Waals surface area contributed by atoms with E-state index in [1.54, 1.807) is 6.08 Å². The zero-order chi connectivity index (χ0) is 15.3. The monoisotopic (exact) mass is 309 g/mol. The van der Waals surface area contributed by atoms with Crippen molar-refractivity contribution in [1.82, 2.24) is 4.31 Å². The number of aliphatic hydroxyl groups is 1. The Morgan fingerprint density at radius 2 is 2.05 bits per heavy atom. The van der Waals surface area contributed by atoms with Gasteiger partial charge in [-0.15, -0.1) is 6.58 Å². The van der Waals surface area contributed by atoms with Gasteiger partial charge in [0.2, 0.25) is 10.0 Å². The molecule has 0 spiro atoms. The summed E-state index contributed by atoms with van der Waals surface area (Å²) in [6.07, 6.45) is 4.03. The van der Waals surface area contributed by atoms with E-state index in [4.69, 9.17) is 0 Å². The Hall–Kier alpha value is -1.17. The molecule has 0 saturated carbocycles. The molecule has 1 heterocycles. The largest absolute Gasteiger partial charge is 0.396 e. The van der Waals surface area contributed by atoms with Gasteiger partial charge in [-0.05, 0) is 24.8 Å². The number of piperidine rings is 1. The first-order valence-electron chi connectivity index (χ1n) is 7.25. The van der Waals surface area contributed by atoms with Gasteiger partial charge < -0.3 is 5.11 Å². The average Bonchev–Trinajstić information content (AvgIpc) is 2.48. The number of hydrogen-bond acceptors (Lipinski definition) is 3. The zero-order valence-electron chi connectivity index (χ0n) is 12.2. The molecule has 1 saturated heterocycles. The van der Waals surface area contributed by atoms with Gasteiger partial charge in [0, 0.05) is 18.5 Å². The molecule has 1 aromatic carbocycles. The van der Waals surface area contributed by atoms with Crippen molar-refractivity contribution in [3.63, 3.8) is 0 Å². The van der Waals surface area contributed by atoms with E-state index in [0.29, 0.717) is 19.5 Å². The van der Waals surface area contributed by atoms with Crippen molar-refractivity contribution in [2.45, 2.75) is 25.0 Å². The molecule has 1 aliphatic heterocycles. The third-order valence-electron chi connectivity index (χ3n) is 4.12. The summed E-state index contributed by atoms with van der Waals surface area (Å²) in [5.74, 6) is 0.0173. The second kappa shape index (κ2) is 6.73. The molecule has 1 atom stereocenters. The third kappa shape index (κ3) is 3.93. The van der Waals surface area contributed by atoms with Crippen molar-refractivity contribution in [2.75, 3.05) is 19.7 Å². The van der Waals surface area contributed by atoms with Crippen molar-refractivity contribution in [3.05, 3.63) is 48.6 Å². The minimum absolute atomic E-state index is 0.00359. The molecule has 0 bridgehead atoms. The minimum Gasteiger partial charge on any atom is -0.396 e. The van der Waals surface area contributed by atoms with Crippen molar-refractivity contribution in [2.24, 2.45) is 5.41 Å². The van der Waals surface area contributed by atoms with Gasteiger partial charge in [0.25, 0.3) is 0 Å². The molecular weight excluding hydrogens is 286 g/mol. The summed E-state index contributed by atoms with van der Waals surface area (Å²) in [6, 6.07) is 9.21. The summed E-state index contributed by atoms with van der Waals surface area (Å²) in [5.41, 5.74) is 0.422. The number of nitrogens with zero attached hydrogens (tertiary/aromatic N) is 1. The molecule has 116 valence electrons. The summed E-state index contributed by atoms with van der Waals surface area (Å²) < 4.78 is 26.7. The fourth-order valence-corrected chi connectivity index (χ4v) is 4.62. The second-order valence-electron chi connectivity index (χ2n) is 5.83. The van der Waals surface area contributed by atoms with Gasteiger partial charge in [-0.25, -0.2) is 12.7 Å². The van der Waals surface area contributed by atoms with E-state index < -0.39 is 10.0 Å². The molecule has 1 unspecified atom stereocenters. The van der Waals surface area contributed by atoms with Crippen LogP contribution in [0.4, 0.5) is 0 Å². The second-order valence-corrected chi connectivity index (χ2v) is 7.80. The van der Waals surface area contributed by atoms with Crippen LogP contribution in [0.3, 0.4) is 0 Å². The van der Waals surface area contributed by atoms with Gasteiger partial charge in [0.05, 0.1) is 12.4 Å². The number of benzene rings is 1. The number of aliphatic hydroxyl groups excluding tert-OH is 1. The molecule has 1 N–H and O–H groups in total. The Labute approximate surface area is 127 Å². The summed E-state index contributed by atoms with van der Waals surface area (Å²) >= 11 is 0. The maximum Gasteiger partial charge on any atom is 0.218 e. The van der Waals surface area contributed by atoms with Gasteiger partial charge in [-0.2, -0.15) is 0 Å². The van der Waals surface area contributed by atoms with Crippen LogP contribution in [0.25, 0.3) is 0 Å². The molecule has 5 heteroatoms. The third-order valence-corrected chi connectivity index (χ3v) is 5.92. The summed E-state index contributed by atoms with van der Waals surface area (Å²) in [5, 5.41) is 9.68. The number of rotatable bonds is 6. The lowest BCUT2D eigenvalue weighted by atomic mass is 9.79. The first-order valence-corrected chi connectivity index (χ1v) is 8.86. The molecule has 21 heavy (non-hydrogen) atoms. The summed E-state index contributed by atoms with van der Waals surface area (Å²) in [6.45, 7) is 4.64. The lowest BCUT2D eigenvalue weighted by Gasteiger charge is -2.40. The zero-order valence-corrected chi connectivity index (χ0v) is 13.1. The highest BCUT2D eigenvalue weighted by Crippen LogP contribution is 2.35. The van der Waals surface area contributed by atoms with Gasteiger partial charge >= 0.3 is 0 Å². The lowest BCUT2D eigenvalue weighted by molar-refractivity contribution is 0.0669. The van der Waals surface area contributed by atoms with E-state index in [-0.39, 0.29) is 17.8 Å². The van der Waals surface area contributed by atoms with Gasteiger partial charge in [0.1, 0.15) is 0 Å². The fraction of sp³-hybridized carbons (Fsp3) is 0.500. The van der Waals surface area contributed by atoms with Crippen molar-refractivity contribution < 1.29 is 13.5 Å². The first kappa shape index (κ1) is 16.2. The van der Waals surface area contributed by atoms with Crippen LogP contribution in [0.1, 0.15) is 24.8 Å². The highest BCUT2D eigenvalue weighted by Gasteiger charge is 2.38. The molecule has 2 rings (SSSR count). The summed E-state index contributed by atoms with van der Waals surface area (Å²) in [7, 11) is -3.35. The number of hydrogen-bond donors (Lipinski definition) is 1. The Balaban J connectivity index is 2.14. The topological polar surface area (TPSA) is 57.6 Å². The van der Waals surface area contributed by atoms with E-state index >= 15 is 0 Å². The van der Waals surface area contributed by atoms with Crippen molar-refractivity contribution in [1.29, 1.82) is 0 Å². The lowest BCUT2D eigenvalue weighted by Crippen LogP contribution is -2.47. The predicted octanol–water partition coefficient (Wildman–Crippen LogP) is 2.17. The standard InChI is InChI=1S/C16H23NO3S/c1-2-9-16(14-18)10-6-11-17(13-16)21(19,20)12-15-7-4-3-5-8-15/h2-5,7-8,18H,1,6,9-14H2. The van der Waals surface area contributed by atoms with Gasteiger partial charge in [-0.3, -0.25) is 0 Å². The fourth-order valence-electron chi connectivity index (χ4n) is 2.94. The highest BCUT2D eigenvalue weighted by atomic mass is 32.2. The van der Waals surface area contributed by atoms with Crippen LogP contribution >= 0.6 is 0 Å². The van der Waals surface area contributed by atoms with Crippen LogP contribution in [-0.2, 0) is 15.8 Å². The van der Waals surface area contributed by atoms with Gasteiger partial charge in [0.15, 0.2) is 0 Å². The molecule has 1 aromatic rings. The van der Waals surface area contributed by atoms with Crippen molar-refractivity contribution >= 4 is 10.0 Å². The molecule has 0 radical (unpaired) electrons. The van der Waals surface area contributed by atoms with E-state index in [1.807, 2.05) is 30.3 Å². The van der Waals surface area contributed by atoms with Crippen LogP contribution < -0.4 is 0 Å². The van der Waals surface area contributed by atoms with E-state index in [0.717, 1.165) is 18.4 Å². The van der Waals surface area contributed by atoms with Crippen molar-refractivity contribution in [3.8, 4) is 0 Å². The van der Waals surface area contributed by atoms with Crippen LogP contribution in [0.15, 0.2) is 43.0 Å². The number of sulfonamides is 1. The Bertz CT molecular complexity index is 570. The predicted molar refractivity (Wildman–Crippen MR) is 84.2 cm³/mol. The number of allylic oxidation sites excluding steroid dienone is 1. The summed E-state index contributed by atoms with van der Waals surface area (Å²) in [4.78, 5) is 0. The highest BCUT2D eigenvalue weighted by molar-refractivity contribution is 7.88. The normalized spacial score (nSPS) is 23.9. The van der Waals surface area contributed by atoms with E-state index in [2.05, 4.69) is 6.58 Å². The maximum atomic E-state index is 12.6. The van der Waals surface area contributed by atoms with Crippen LogP contribution in [0.2, 0.25) is 0 Å². The van der Waals surface area contributed by atoms with Crippen LogP contribution in [0, 0.1) is 5.41 Å². The average molecular weight is 309 g/mol. The molecule has 4 nitrogen and oxygen atoms in total. The van der Waals surface area contributed by atoms with E-state index in [1.165, 1.54) is 4.31 Å². The molecule has 0 aromatic heterocycles. The molecular formula is C16H23NO3S. The maximum absolute atomic E-state index is 12.6. The minimum atomic E-state index is -3.35. The molecule has 0 aliphatic carbocycles. The van der Waals surface area contributed by atoms with Crippen LogP contribution in [-0.4, -0.2) is 37.5 Å². The molecule has 1 aliphatic rings. The Kier molecular flexibility index (Phi) is 5.19. The Morgan fingerprint density at radius 1 is 1.33 bits per heavy atom. The smallest absolute Gasteiger partial charge is 0.218 e. The SMILES string of the molecule is C=CCC1(CO)CCCN(S(=O)(=O)Cc2ccccc2)C1.